The topological polar surface area (TPSA) is 131 Å². The van der Waals surface area contributed by atoms with Crippen LogP contribution in [0.3, 0.4) is 0 Å². The molecule has 0 saturated carbocycles. The van der Waals surface area contributed by atoms with Gasteiger partial charge in [-0.3, -0.25) is 19.1 Å². The molecule has 1 aromatic rings. The van der Waals surface area contributed by atoms with E-state index in [-0.39, 0.29) is 17.6 Å². The van der Waals surface area contributed by atoms with Gasteiger partial charge in [-0.2, -0.15) is 10.2 Å². The SMILES string of the molecule is CC(=O)Cc1cn(C)nn1.CC1=NNC(=O)C1.CCC1=NNC(=O)C1. The molecule has 2 aliphatic heterocycles. The smallest absolute Gasteiger partial charge is 0.245 e. The van der Waals surface area contributed by atoms with E-state index in [9.17, 15) is 14.4 Å². The van der Waals surface area contributed by atoms with Crippen molar-refractivity contribution in [1.29, 1.82) is 0 Å². The molecular formula is C15H23N7O3. The Hall–Kier alpha value is -2.91. The Morgan fingerprint density at radius 2 is 1.84 bits per heavy atom. The fraction of sp³-hybridized carbons (Fsp3) is 0.533. The van der Waals surface area contributed by atoms with Crippen LogP contribution >= 0.6 is 0 Å². The van der Waals surface area contributed by atoms with Crippen LogP contribution in [0, 0.1) is 0 Å². The number of hydrogen-bond donors (Lipinski definition) is 2. The van der Waals surface area contributed by atoms with Crippen molar-refractivity contribution in [2.45, 2.75) is 46.5 Å². The van der Waals surface area contributed by atoms with Gasteiger partial charge in [0.25, 0.3) is 0 Å². The van der Waals surface area contributed by atoms with Crippen molar-refractivity contribution >= 4 is 29.0 Å². The summed E-state index contributed by atoms with van der Waals surface area (Å²) in [6, 6.07) is 0. The molecular weight excluding hydrogens is 326 g/mol. The third-order valence-corrected chi connectivity index (χ3v) is 2.98. The van der Waals surface area contributed by atoms with Gasteiger partial charge < -0.3 is 0 Å². The van der Waals surface area contributed by atoms with Crippen LogP contribution in [0.15, 0.2) is 16.4 Å². The van der Waals surface area contributed by atoms with Gasteiger partial charge in [-0.1, -0.05) is 12.1 Å². The van der Waals surface area contributed by atoms with Gasteiger partial charge in [-0.05, 0) is 20.3 Å². The van der Waals surface area contributed by atoms with Gasteiger partial charge in [0.05, 0.1) is 25.0 Å². The maximum Gasteiger partial charge on any atom is 0.245 e. The quantitative estimate of drug-likeness (QED) is 0.799. The number of hydrogen-bond acceptors (Lipinski definition) is 7. The summed E-state index contributed by atoms with van der Waals surface area (Å²) < 4.78 is 1.58. The minimum atomic E-state index is -0.00231. The zero-order valence-corrected chi connectivity index (χ0v) is 14.9. The highest BCUT2D eigenvalue weighted by Gasteiger charge is 2.11. The molecule has 3 rings (SSSR count). The number of aromatic nitrogens is 3. The number of nitrogens with zero attached hydrogens (tertiary/aromatic N) is 5. The van der Waals surface area contributed by atoms with Crippen LogP contribution in [0.4, 0.5) is 0 Å². The number of amides is 2. The number of rotatable bonds is 3. The van der Waals surface area contributed by atoms with E-state index in [1.165, 1.54) is 6.92 Å². The Balaban J connectivity index is 0.000000191. The first-order valence-corrected chi connectivity index (χ1v) is 7.81. The molecule has 0 spiro atoms. The predicted molar refractivity (Wildman–Crippen MR) is 91.7 cm³/mol. The van der Waals surface area contributed by atoms with E-state index in [2.05, 4.69) is 31.4 Å². The van der Waals surface area contributed by atoms with Gasteiger partial charge in [-0.15, -0.1) is 5.10 Å². The van der Waals surface area contributed by atoms with Gasteiger partial charge >= 0.3 is 0 Å². The van der Waals surface area contributed by atoms with Crippen LogP contribution in [0.2, 0.25) is 0 Å². The summed E-state index contributed by atoms with van der Waals surface area (Å²) in [6.07, 6.45) is 3.96. The highest BCUT2D eigenvalue weighted by atomic mass is 16.2. The van der Waals surface area contributed by atoms with E-state index in [0.29, 0.717) is 19.3 Å². The van der Waals surface area contributed by atoms with Crippen molar-refractivity contribution in [3.63, 3.8) is 0 Å². The maximum atomic E-state index is 10.5. The van der Waals surface area contributed by atoms with Crippen molar-refractivity contribution in [2.24, 2.45) is 17.3 Å². The summed E-state index contributed by atoms with van der Waals surface area (Å²) in [4.78, 5) is 31.2. The average Bonchev–Trinajstić information content (AvgIpc) is 3.23. The number of Topliss-reactive ketones (excluding diaryl/α,β-unsaturated/α-hetero) is 1. The Morgan fingerprint density at radius 1 is 1.20 bits per heavy atom. The van der Waals surface area contributed by atoms with E-state index in [1.54, 1.807) is 17.9 Å². The summed E-state index contributed by atoms with van der Waals surface area (Å²) >= 11 is 0. The fourth-order valence-corrected chi connectivity index (χ4v) is 1.81. The highest BCUT2D eigenvalue weighted by Crippen LogP contribution is 1.97. The Kier molecular flexibility index (Phi) is 8.10. The van der Waals surface area contributed by atoms with Crippen molar-refractivity contribution in [2.75, 3.05) is 0 Å². The molecule has 3 heterocycles. The molecule has 0 radical (unpaired) electrons. The van der Waals surface area contributed by atoms with Gasteiger partial charge in [0.2, 0.25) is 11.8 Å². The highest BCUT2D eigenvalue weighted by molar-refractivity contribution is 6.04. The number of hydrazone groups is 2. The Labute approximate surface area is 145 Å². The number of aryl methyl sites for hydroxylation is 1. The molecule has 136 valence electrons. The van der Waals surface area contributed by atoms with Crippen molar-refractivity contribution in [3.05, 3.63) is 11.9 Å². The summed E-state index contributed by atoms with van der Waals surface area (Å²) in [7, 11) is 1.77. The second-order valence-corrected chi connectivity index (χ2v) is 5.56. The van der Waals surface area contributed by atoms with Crippen LogP contribution in [0.5, 0.6) is 0 Å². The van der Waals surface area contributed by atoms with Gasteiger partial charge in [0, 0.05) is 24.7 Å². The van der Waals surface area contributed by atoms with Crippen LogP contribution in [-0.2, 0) is 27.9 Å². The Bertz CT molecular complexity index is 691. The normalized spacial score (nSPS) is 15.0. The van der Waals surface area contributed by atoms with E-state index >= 15 is 0 Å². The number of carbonyl (C=O) groups excluding carboxylic acids is 3. The first-order valence-electron chi connectivity index (χ1n) is 7.81. The standard InChI is InChI=1S/C6H9N3O.C5H8N2O.C4H6N2O/c1-5(10)3-6-4-9(2)8-7-6;1-2-4-3-5(8)7-6-4;1-3-2-4(7)6-5-3/h4H,3H2,1-2H3;2-3H2,1H3,(H,7,8);2H2,1H3,(H,6,7). The van der Waals surface area contributed by atoms with E-state index in [0.717, 1.165) is 23.5 Å². The lowest BCUT2D eigenvalue weighted by Gasteiger charge is -1.84. The number of carbonyl (C=O) groups is 3. The summed E-state index contributed by atoms with van der Waals surface area (Å²) in [5, 5.41) is 14.8. The lowest BCUT2D eigenvalue weighted by atomic mass is 10.2. The minimum Gasteiger partial charge on any atom is -0.300 e. The van der Waals surface area contributed by atoms with Gasteiger partial charge in [-0.25, -0.2) is 10.9 Å². The van der Waals surface area contributed by atoms with E-state index in [4.69, 9.17) is 0 Å². The lowest BCUT2D eigenvalue weighted by Crippen LogP contribution is -2.08. The predicted octanol–water partition coefficient (Wildman–Crippen LogP) is 0.101. The zero-order chi connectivity index (χ0) is 18.8. The molecule has 0 fully saturated rings. The summed E-state index contributed by atoms with van der Waals surface area (Å²) in [6.45, 7) is 5.34. The molecule has 0 aromatic carbocycles. The third-order valence-electron chi connectivity index (χ3n) is 2.98. The molecule has 2 aliphatic rings. The largest absolute Gasteiger partial charge is 0.300 e. The number of ketones is 1. The zero-order valence-electron chi connectivity index (χ0n) is 14.9. The second-order valence-electron chi connectivity index (χ2n) is 5.56. The van der Waals surface area contributed by atoms with Gasteiger partial charge in [0.1, 0.15) is 5.78 Å². The maximum absolute atomic E-state index is 10.5. The number of nitrogens with one attached hydrogen (secondary N) is 2. The van der Waals surface area contributed by atoms with E-state index < -0.39 is 0 Å². The molecule has 1 aromatic heterocycles. The first-order chi connectivity index (χ1) is 11.8. The Morgan fingerprint density at radius 3 is 2.12 bits per heavy atom. The lowest BCUT2D eigenvalue weighted by molar-refractivity contribution is -0.120. The van der Waals surface area contributed by atoms with Gasteiger partial charge in [0.15, 0.2) is 0 Å². The molecule has 10 heteroatoms. The van der Waals surface area contributed by atoms with E-state index in [1.807, 2.05) is 13.8 Å². The first kappa shape index (κ1) is 20.1. The van der Waals surface area contributed by atoms with Crippen molar-refractivity contribution < 1.29 is 14.4 Å². The monoisotopic (exact) mass is 349 g/mol. The minimum absolute atomic E-state index is 0.00231. The van der Waals surface area contributed by atoms with Crippen molar-refractivity contribution in [1.82, 2.24) is 25.8 Å². The molecule has 0 unspecified atom stereocenters. The molecule has 25 heavy (non-hydrogen) atoms. The molecule has 2 N–H and O–H groups in total. The van der Waals surface area contributed by atoms with Crippen LogP contribution in [0.1, 0.15) is 45.7 Å². The van der Waals surface area contributed by atoms with Crippen LogP contribution < -0.4 is 10.9 Å². The molecule has 0 aliphatic carbocycles. The fourth-order valence-electron chi connectivity index (χ4n) is 1.81. The third kappa shape index (κ3) is 8.49. The van der Waals surface area contributed by atoms with Crippen LogP contribution in [-0.4, -0.2) is 44.0 Å². The summed E-state index contributed by atoms with van der Waals surface area (Å²) in [5.74, 6) is 0.125. The molecule has 0 saturated heterocycles. The molecule has 2 amide bonds. The second kappa shape index (κ2) is 10.1. The summed E-state index contributed by atoms with van der Waals surface area (Å²) in [5.41, 5.74) is 7.24. The molecule has 0 bridgehead atoms. The van der Waals surface area contributed by atoms with Crippen LogP contribution in [0.25, 0.3) is 0 Å². The molecule has 0 atom stereocenters. The molecule has 10 nitrogen and oxygen atoms in total. The average molecular weight is 349 g/mol. The van der Waals surface area contributed by atoms with Crippen molar-refractivity contribution in [3.8, 4) is 0 Å².